The summed E-state index contributed by atoms with van der Waals surface area (Å²) in [6, 6.07) is 15.9. The van der Waals surface area contributed by atoms with E-state index in [1.165, 1.54) is 12.1 Å². The third-order valence-corrected chi connectivity index (χ3v) is 3.10. The zero-order valence-electron chi connectivity index (χ0n) is 11.0. The summed E-state index contributed by atoms with van der Waals surface area (Å²) in [5.41, 5.74) is 2.54. The molecule has 0 N–H and O–H groups in total. The highest BCUT2D eigenvalue weighted by molar-refractivity contribution is 5.64. The summed E-state index contributed by atoms with van der Waals surface area (Å²) in [4.78, 5) is 8.57. The van der Waals surface area contributed by atoms with Crippen molar-refractivity contribution < 1.29 is 4.39 Å². The van der Waals surface area contributed by atoms with E-state index < -0.39 is 5.82 Å². The van der Waals surface area contributed by atoms with Gasteiger partial charge in [0.25, 0.3) is 0 Å². The van der Waals surface area contributed by atoms with Gasteiger partial charge in [0.2, 0.25) is 0 Å². The Morgan fingerprint density at radius 3 is 2.24 bits per heavy atom. The van der Waals surface area contributed by atoms with Crippen LogP contribution in [0.2, 0.25) is 0 Å². The molecule has 100 valence electrons. The molecule has 3 aromatic rings. The number of benzene rings is 2. The quantitative estimate of drug-likeness (QED) is 0.714. The van der Waals surface area contributed by atoms with Crippen LogP contribution in [0.3, 0.4) is 0 Å². The summed E-state index contributed by atoms with van der Waals surface area (Å²) in [5, 5.41) is 8.85. The lowest BCUT2D eigenvalue weighted by Crippen LogP contribution is -1.92. The molecule has 0 fully saturated rings. The molecule has 3 nitrogen and oxygen atoms in total. The van der Waals surface area contributed by atoms with E-state index in [4.69, 9.17) is 5.26 Å². The highest BCUT2D eigenvalue weighted by atomic mass is 19.1. The summed E-state index contributed by atoms with van der Waals surface area (Å²) in [6.07, 6.45) is 3.43. The molecule has 0 amide bonds. The van der Waals surface area contributed by atoms with E-state index in [0.717, 1.165) is 11.1 Å². The van der Waals surface area contributed by atoms with Crippen LogP contribution >= 0.6 is 0 Å². The summed E-state index contributed by atoms with van der Waals surface area (Å²) in [7, 11) is 0. The van der Waals surface area contributed by atoms with Gasteiger partial charge in [-0.15, -0.1) is 0 Å². The van der Waals surface area contributed by atoms with Crippen molar-refractivity contribution in [3.63, 3.8) is 0 Å². The van der Waals surface area contributed by atoms with E-state index >= 15 is 0 Å². The lowest BCUT2D eigenvalue weighted by atomic mass is 10.1. The number of nitrogens with zero attached hydrogens (tertiary/aromatic N) is 3. The minimum absolute atomic E-state index is 0.0109. The monoisotopic (exact) mass is 275 g/mol. The summed E-state index contributed by atoms with van der Waals surface area (Å²) in [6.45, 7) is 0. The van der Waals surface area contributed by atoms with Gasteiger partial charge in [-0.05, 0) is 23.8 Å². The number of hydrogen-bond donors (Lipinski definition) is 0. The van der Waals surface area contributed by atoms with Crippen LogP contribution in [0.25, 0.3) is 22.5 Å². The highest BCUT2D eigenvalue weighted by Crippen LogP contribution is 2.21. The Bertz CT molecular complexity index is 806. The van der Waals surface area contributed by atoms with Crippen LogP contribution in [0.5, 0.6) is 0 Å². The molecular weight excluding hydrogens is 265 g/mol. The van der Waals surface area contributed by atoms with Crippen LogP contribution < -0.4 is 0 Å². The van der Waals surface area contributed by atoms with Gasteiger partial charge in [-0.2, -0.15) is 5.26 Å². The second-order valence-electron chi connectivity index (χ2n) is 4.47. The average Bonchev–Trinajstić information content (AvgIpc) is 2.56. The molecule has 0 radical (unpaired) electrons. The Morgan fingerprint density at radius 1 is 0.857 bits per heavy atom. The normalized spacial score (nSPS) is 10.1. The Balaban J connectivity index is 1.97. The van der Waals surface area contributed by atoms with E-state index in [1.54, 1.807) is 18.5 Å². The molecule has 0 bridgehead atoms. The minimum atomic E-state index is -0.540. The average molecular weight is 275 g/mol. The van der Waals surface area contributed by atoms with Crippen molar-refractivity contribution in [2.24, 2.45) is 0 Å². The van der Waals surface area contributed by atoms with Gasteiger partial charge in [0.15, 0.2) is 5.82 Å². The van der Waals surface area contributed by atoms with Gasteiger partial charge < -0.3 is 0 Å². The van der Waals surface area contributed by atoms with Crippen LogP contribution in [0.4, 0.5) is 4.39 Å². The molecule has 0 atom stereocenters. The lowest BCUT2D eigenvalue weighted by molar-refractivity contribution is 0.624. The second-order valence-corrected chi connectivity index (χ2v) is 4.47. The largest absolute Gasteiger partial charge is 0.236 e. The van der Waals surface area contributed by atoms with Gasteiger partial charge in [-0.3, -0.25) is 0 Å². The van der Waals surface area contributed by atoms with Crippen LogP contribution in [-0.2, 0) is 0 Å². The van der Waals surface area contributed by atoms with E-state index in [2.05, 4.69) is 9.97 Å². The van der Waals surface area contributed by atoms with Crippen LogP contribution in [-0.4, -0.2) is 9.97 Å². The predicted octanol–water partition coefficient (Wildman–Crippen LogP) is 3.82. The molecule has 4 heteroatoms. The standard InChI is InChI=1S/C17H10FN3/c18-16-7-6-13(8-14(16)9-19)17-20-10-15(11-21-17)12-4-2-1-3-5-12/h1-8,10-11H. The number of aromatic nitrogens is 2. The van der Waals surface area contributed by atoms with Crippen molar-refractivity contribution in [2.75, 3.05) is 0 Å². The number of rotatable bonds is 2. The minimum Gasteiger partial charge on any atom is -0.236 e. The zero-order valence-corrected chi connectivity index (χ0v) is 11.0. The van der Waals surface area contributed by atoms with Gasteiger partial charge >= 0.3 is 0 Å². The summed E-state index contributed by atoms with van der Waals surface area (Å²) in [5.74, 6) is -0.0756. The van der Waals surface area contributed by atoms with E-state index in [1.807, 2.05) is 36.4 Å². The van der Waals surface area contributed by atoms with Crippen LogP contribution in [0, 0.1) is 17.1 Å². The number of nitriles is 1. The van der Waals surface area contributed by atoms with E-state index in [0.29, 0.717) is 11.4 Å². The predicted molar refractivity (Wildman–Crippen MR) is 77.6 cm³/mol. The molecule has 1 aromatic heterocycles. The second kappa shape index (κ2) is 5.51. The molecule has 3 rings (SSSR count). The molecule has 0 saturated heterocycles. The van der Waals surface area contributed by atoms with E-state index in [9.17, 15) is 4.39 Å². The zero-order chi connectivity index (χ0) is 14.7. The first-order chi connectivity index (χ1) is 10.3. The van der Waals surface area contributed by atoms with Crippen LogP contribution in [0.1, 0.15) is 5.56 Å². The molecule has 0 unspecified atom stereocenters. The van der Waals surface area contributed by atoms with Gasteiger partial charge in [-0.1, -0.05) is 30.3 Å². The first kappa shape index (κ1) is 12.9. The van der Waals surface area contributed by atoms with Gasteiger partial charge in [0.05, 0.1) is 5.56 Å². The fourth-order valence-corrected chi connectivity index (χ4v) is 2.01. The van der Waals surface area contributed by atoms with Crippen molar-refractivity contribution in [3.05, 3.63) is 72.3 Å². The van der Waals surface area contributed by atoms with E-state index in [-0.39, 0.29) is 5.56 Å². The molecule has 21 heavy (non-hydrogen) atoms. The molecular formula is C17H10FN3. The van der Waals surface area contributed by atoms with Gasteiger partial charge in [0.1, 0.15) is 11.9 Å². The Labute approximate surface area is 121 Å². The maximum Gasteiger partial charge on any atom is 0.159 e. The van der Waals surface area contributed by atoms with Crippen molar-refractivity contribution in [1.82, 2.24) is 9.97 Å². The van der Waals surface area contributed by atoms with Crippen molar-refractivity contribution in [1.29, 1.82) is 5.26 Å². The third-order valence-electron chi connectivity index (χ3n) is 3.10. The fraction of sp³-hybridized carbons (Fsp3) is 0. The van der Waals surface area contributed by atoms with Crippen LogP contribution in [0.15, 0.2) is 60.9 Å². The lowest BCUT2D eigenvalue weighted by Gasteiger charge is -2.04. The molecule has 0 spiro atoms. The molecule has 0 aliphatic rings. The van der Waals surface area contributed by atoms with Gasteiger partial charge in [0, 0.05) is 23.5 Å². The topological polar surface area (TPSA) is 49.6 Å². The molecule has 1 heterocycles. The molecule has 2 aromatic carbocycles. The first-order valence-corrected chi connectivity index (χ1v) is 6.35. The maximum atomic E-state index is 13.3. The molecule has 0 aliphatic carbocycles. The van der Waals surface area contributed by atoms with Crippen molar-refractivity contribution >= 4 is 0 Å². The maximum absolute atomic E-state index is 13.3. The first-order valence-electron chi connectivity index (χ1n) is 6.35. The smallest absolute Gasteiger partial charge is 0.159 e. The fourth-order valence-electron chi connectivity index (χ4n) is 2.01. The van der Waals surface area contributed by atoms with Gasteiger partial charge in [-0.25, -0.2) is 14.4 Å². The third kappa shape index (κ3) is 2.63. The summed E-state index contributed by atoms with van der Waals surface area (Å²) < 4.78 is 13.3. The van der Waals surface area contributed by atoms with Crippen molar-refractivity contribution in [2.45, 2.75) is 0 Å². The van der Waals surface area contributed by atoms with Crippen molar-refractivity contribution in [3.8, 4) is 28.6 Å². The molecule has 0 saturated carbocycles. The number of hydrogen-bond acceptors (Lipinski definition) is 3. The summed E-state index contributed by atoms with van der Waals surface area (Å²) >= 11 is 0. The highest BCUT2D eigenvalue weighted by Gasteiger charge is 2.07. The SMILES string of the molecule is N#Cc1cc(-c2ncc(-c3ccccc3)cn2)ccc1F. The Hall–Kier alpha value is -3.06. The Kier molecular flexibility index (Phi) is 3.40. The Morgan fingerprint density at radius 2 is 1.57 bits per heavy atom. The number of halogens is 1. The molecule has 0 aliphatic heterocycles.